The van der Waals surface area contributed by atoms with E-state index in [1.54, 1.807) is 42.2 Å². The molecule has 3 aromatic rings. The number of hydrogen-bond donors (Lipinski definition) is 0. The summed E-state index contributed by atoms with van der Waals surface area (Å²) in [4.78, 5) is 4.65. The SMILES string of the molecule is FC(F)Oc1ccc(-n2c(-c3ccc(Cl)c(Cl)c3)cnc2SC2CCCC2)cc1. The molecule has 152 valence electrons. The van der Waals surface area contributed by atoms with Crippen LogP contribution in [-0.2, 0) is 0 Å². The van der Waals surface area contributed by atoms with Gasteiger partial charge < -0.3 is 4.74 Å². The van der Waals surface area contributed by atoms with Crippen molar-refractivity contribution in [1.29, 1.82) is 0 Å². The molecule has 1 aromatic heterocycles. The van der Waals surface area contributed by atoms with Crippen LogP contribution in [-0.4, -0.2) is 21.4 Å². The minimum absolute atomic E-state index is 0.116. The standard InChI is InChI=1S/C21H18Cl2F2N2OS/c22-17-10-5-13(11-18(17)23)19-12-26-21(29-16-3-1-2-4-16)27(19)14-6-8-15(9-7-14)28-20(24)25/h5-12,16,20H,1-4H2. The largest absolute Gasteiger partial charge is 0.435 e. The zero-order chi connectivity index (χ0) is 20.4. The van der Waals surface area contributed by atoms with E-state index in [2.05, 4.69) is 9.72 Å². The van der Waals surface area contributed by atoms with Gasteiger partial charge >= 0.3 is 6.61 Å². The fourth-order valence-corrected chi connectivity index (χ4v) is 5.05. The molecule has 1 heterocycles. The highest BCUT2D eigenvalue weighted by Gasteiger charge is 2.22. The number of rotatable bonds is 6. The molecule has 8 heteroatoms. The van der Waals surface area contributed by atoms with Gasteiger partial charge in [0.05, 0.1) is 21.9 Å². The number of benzene rings is 2. The summed E-state index contributed by atoms with van der Waals surface area (Å²) in [5.41, 5.74) is 2.54. The van der Waals surface area contributed by atoms with E-state index in [1.165, 1.54) is 37.8 Å². The first-order valence-corrected chi connectivity index (χ1v) is 10.9. The maximum Gasteiger partial charge on any atom is 0.387 e. The third kappa shape index (κ3) is 4.71. The lowest BCUT2D eigenvalue weighted by Gasteiger charge is -2.15. The molecule has 0 saturated heterocycles. The van der Waals surface area contributed by atoms with Gasteiger partial charge in [-0.15, -0.1) is 0 Å². The Morgan fingerprint density at radius 2 is 1.76 bits per heavy atom. The van der Waals surface area contributed by atoms with Crippen LogP contribution in [0.25, 0.3) is 16.9 Å². The first-order valence-electron chi connectivity index (χ1n) is 9.26. The second kappa shape index (κ2) is 8.94. The topological polar surface area (TPSA) is 27.1 Å². The molecule has 1 fully saturated rings. The average Bonchev–Trinajstić information content (AvgIpc) is 3.35. The first-order chi connectivity index (χ1) is 14.0. The molecule has 29 heavy (non-hydrogen) atoms. The lowest BCUT2D eigenvalue weighted by atomic mass is 10.1. The molecule has 0 radical (unpaired) electrons. The lowest BCUT2D eigenvalue weighted by molar-refractivity contribution is -0.0498. The first kappa shape index (κ1) is 20.5. The normalized spacial score (nSPS) is 14.7. The van der Waals surface area contributed by atoms with Crippen LogP contribution < -0.4 is 4.74 Å². The van der Waals surface area contributed by atoms with E-state index >= 15 is 0 Å². The molecular formula is C21H18Cl2F2N2OS. The summed E-state index contributed by atoms with van der Waals surface area (Å²) in [6.07, 6.45) is 6.61. The summed E-state index contributed by atoms with van der Waals surface area (Å²) >= 11 is 14.0. The number of ether oxygens (including phenoxy) is 1. The van der Waals surface area contributed by atoms with Crippen LogP contribution in [0.2, 0.25) is 10.0 Å². The number of thioether (sulfide) groups is 1. The highest BCUT2D eigenvalue weighted by Crippen LogP contribution is 2.38. The van der Waals surface area contributed by atoms with Crippen LogP contribution in [0.3, 0.4) is 0 Å². The molecule has 0 bridgehead atoms. The highest BCUT2D eigenvalue weighted by atomic mass is 35.5. The van der Waals surface area contributed by atoms with Gasteiger partial charge in [-0.05, 0) is 49.2 Å². The molecule has 0 amide bonds. The van der Waals surface area contributed by atoms with E-state index in [0.29, 0.717) is 15.3 Å². The number of imidazole rings is 1. The van der Waals surface area contributed by atoms with Gasteiger partial charge in [0.2, 0.25) is 0 Å². The van der Waals surface area contributed by atoms with E-state index in [-0.39, 0.29) is 5.75 Å². The molecular weight excluding hydrogens is 437 g/mol. The summed E-state index contributed by atoms with van der Waals surface area (Å²) in [5.74, 6) is 0.116. The van der Waals surface area contributed by atoms with Gasteiger partial charge in [-0.25, -0.2) is 4.98 Å². The quantitative estimate of drug-likeness (QED) is 0.386. The van der Waals surface area contributed by atoms with Gasteiger partial charge in [-0.3, -0.25) is 4.57 Å². The fourth-order valence-electron chi connectivity index (χ4n) is 3.46. The van der Waals surface area contributed by atoms with E-state index in [1.807, 2.05) is 10.6 Å². The monoisotopic (exact) mass is 454 g/mol. The Bertz CT molecular complexity index is 989. The molecule has 2 aromatic carbocycles. The van der Waals surface area contributed by atoms with E-state index in [0.717, 1.165) is 22.1 Å². The van der Waals surface area contributed by atoms with Crippen LogP contribution >= 0.6 is 35.0 Å². The molecule has 1 saturated carbocycles. The Morgan fingerprint density at radius 3 is 2.41 bits per heavy atom. The predicted octanol–water partition coefficient (Wildman–Crippen LogP) is 7.48. The van der Waals surface area contributed by atoms with Crippen molar-refractivity contribution in [3.63, 3.8) is 0 Å². The van der Waals surface area contributed by atoms with E-state index in [4.69, 9.17) is 23.2 Å². The van der Waals surface area contributed by atoms with Crippen LogP contribution in [0.1, 0.15) is 25.7 Å². The van der Waals surface area contributed by atoms with Crippen molar-refractivity contribution in [1.82, 2.24) is 9.55 Å². The fraction of sp³-hybridized carbons (Fsp3) is 0.286. The Kier molecular flexibility index (Phi) is 6.32. The molecule has 0 atom stereocenters. The van der Waals surface area contributed by atoms with Crippen molar-refractivity contribution in [2.24, 2.45) is 0 Å². The summed E-state index contributed by atoms with van der Waals surface area (Å²) in [5, 5.41) is 2.33. The van der Waals surface area contributed by atoms with Crippen LogP contribution in [0.15, 0.2) is 53.8 Å². The summed E-state index contributed by atoms with van der Waals surface area (Å²) in [6.45, 7) is -2.85. The molecule has 0 spiro atoms. The third-order valence-electron chi connectivity index (χ3n) is 4.84. The number of nitrogens with zero attached hydrogens (tertiary/aromatic N) is 2. The number of halogens is 4. The van der Waals surface area contributed by atoms with Gasteiger partial charge in [0.25, 0.3) is 0 Å². The minimum atomic E-state index is -2.85. The molecule has 3 nitrogen and oxygen atoms in total. The minimum Gasteiger partial charge on any atom is -0.435 e. The van der Waals surface area contributed by atoms with Crippen LogP contribution in [0.5, 0.6) is 5.75 Å². The van der Waals surface area contributed by atoms with Gasteiger partial charge in [0.15, 0.2) is 5.16 Å². The number of aromatic nitrogens is 2. The second-order valence-electron chi connectivity index (χ2n) is 6.79. The molecule has 4 rings (SSSR count). The van der Waals surface area contributed by atoms with E-state index < -0.39 is 6.61 Å². The van der Waals surface area contributed by atoms with Crippen molar-refractivity contribution >= 4 is 35.0 Å². The van der Waals surface area contributed by atoms with Crippen molar-refractivity contribution in [2.45, 2.75) is 42.7 Å². The summed E-state index contributed by atoms with van der Waals surface area (Å²) < 4.78 is 31.5. The Morgan fingerprint density at radius 1 is 1.03 bits per heavy atom. The zero-order valence-electron chi connectivity index (χ0n) is 15.3. The highest BCUT2D eigenvalue weighted by molar-refractivity contribution is 7.99. The molecule has 0 N–H and O–H groups in total. The lowest BCUT2D eigenvalue weighted by Crippen LogP contribution is -2.04. The third-order valence-corrected chi connectivity index (χ3v) is 6.88. The number of alkyl halides is 2. The Balaban J connectivity index is 1.75. The maximum atomic E-state index is 12.5. The maximum absolute atomic E-state index is 12.5. The summed E-state index contributed by atoms with van der Waals surface area (Å²) in [7, 11) is 0. The van der Waals surface area contributed by atoms with Crippen molar-refractivity contribution in [3.05, 3.63) is 58.7 Å². The van der Waals surface area contributed by atoms with Gasteiger partial charge in [-0.2, -0.15) is 8.78 Å². The van der Waals surface area contributed by atoms with Crippen molar-refractivity contribution in [3.8, 4) is 22.7 Å². The zero-order valence-corrected chi connectivity index (χ0v) is 17.7. The van der Waals surface area contributed by atoms with Gasteiger partial charge in [-0.1, -0.05) is 53.9 Å². The summed E-state index contributed by atoms with van der Waals surface area (Å²) in [6, 6.07) is 12.0. The van der Waals surface area contributed by atoms with Crippen LogP contribution in [0.4, 0.5) is 8.78 Å². The van der Waals surface area contributed by atoms with Crippen molar-refractivity contribution < 1.29 is 13.5 Å². The second-order valence-corrected chi connectivity index (χ2v) is 8.87. The van der Waals surface area contributed by atoms with Crippen LogP contribution in [0, 0.1) is 0 Å². The van der Waals surface area contributed by atoms with Gasteiger partial charge in [0.1, 0.15) is 5.75 Å². The van der Waals surface area contributed by atoms with Crippen molar-refractivity contribution in [2.75, 3.05) is 0 Å². The molecule has 0 unspecified atom stereocenters. The Hall–Kier alpha value is -1.76. The molecule has 1 aliphatic rings. The van der Waals surface area contributed by atoms with Gasteiger partial charge in [0, 0.05) is 16.5 Å². The molecule has 1 aliphatic carbocycles. The van der Waals surface area contributed by atoms with E-state index in [9.17, 15) is 8.78 Å². The Labute approximate surface area is 182 Å². The molecule has 0 aliphatic heterocycles. The predicted molar refractivity (Wildman–Crippen MR) is 114 cm³/mol. The number of hydrogen-bond acceptors (Lipinski definition) is 3. The average molecular weight is 455 g/mol. The smallest absolute Gasteiger partial charge is 0.387 e.